The fourth-order valence-electron chi connectivity index (χ4n) is 4.69. The van der Waals surface area contributed by atoms with Crippen LogP contribution >= 0.6 is 0 Å². The first-order valence-electron chi connectivity index (χ1n) is 13.6. The smallest absolute Gasteiger partial charge is 0.123 e. The number of rotatable bonds is 16. The molecule has 0 N–H and O–H groups in total. The van der Waals surface area contributed by atoms with Crippen LogP contribution in [0.15, 0.2) is 70.4 Å². The molecular weight excluding hydrogens is 412 g/mol. The minimum Gasteiger partial charge on any atom is -0.303 e. The molecule has 0 aromatic heterocycles. The molecule has 0 heterocycles. The van der Waals surface area contributed by atoms with Crippen LogP contribution in [-0.4, -0.2) is 6.29 Å². The first-order valence-corrected chi connectivity index (χ1v) is 13.6. The lowest BCUT2D eigenvalue weighted by molar-refractivity contribution is -0.111. The number of carbonyl (C=O) groups excluding carboxylic acids is 1. The first kappa shape index (κ1) is 30.1. The fourth-order valence-corrected chi connectivity index (χ4v) is 4.69. The third-order valence-corrected chi connectivity index (χ3v) is 6.79. The molecule has 0 saturated carbocycles. The summed E-state index contributed by atoms with van der Waals surface area (Å²) in [5.41, 5.74) is 8.61. The van der Waals surface area contributed by atoms with E-state index in [2.05, 4.69) is 78.5 Å². The van der Waals surface area contributed by atoms with Crippen molar-refractivity contribution >= 4 is 6.29 Å². The van der Waals surface area contributed by atoms with Crippen LogP contribution < -0.4 is 0 Å². The predicted octanol–water partition coefficient (Wildman–Crippen LogP) is 10.4. The Morgan fingerprint density at radius 3 is 1.94 bits per heavy atom. The van der Waals surface area contributed by atoms with Crippen molar-refractivity contribution in [2.75, 3.05) is 0 Å². The van der Waals surface area contributed by atoms with Crippen LogP contribution in [0.3, 0.4) is 0 Å². The summed E-state index contributed by atoms with van der Waals surface area (Å²) in [7, 11) is 0. The Morgan fingerprint density at radius 2 is 1.38 bits per heavy atom. The Bertz CT molecular complexity index is 775. The molecule has 1 aliphatic carbocycles. The molecule has 0 saturated heterocycles. The zero-order valence-corrected chi connectivity index (χ0v) is 23.2. The second-order valence-electron chi connectivity index (χ2n) is 11.0. The van der Waals surface area contributed by atoms with Crippen LogP contribution in [-0.2, 0) is 4.79 Å². The maximum absolute atomic E-state index is 11.6. The van der Waals surface area contributed by atoms with Gasteiger partial charge in [0, 0.05) is 5.92 Å². The van der Waals surface area contributed by atoms with Gasteiger partial charge in [0.1, 0.15) is 6.29 Å². The average molecular weight is 465 g/mol. The van der Waals surface area contributed by atoms with Gasteiger partial charge in [-0.05, 0) is 125 Å². The number of carbonyl (C=O) groups is 1. The minimum absolute atomic E-state index is 0.201. The molecule has 0 spiro atoms. The van der Waals surface area contributed by atoms with Crippen molar-refractivity contribution in [2.45, 2.75) is 119 Å². The predicted molar refractivity (Wildman–Crippen MR) is 152 cm³/mol. The molecule has 0 radical (unpaired) electrons. The van der Waals surface area contributed by atoms with E-state index in [0.717, 1.165) is 77.0 Å². The van der Waals surface area contributed by atoms with Gasteiger partial charge in [0.25, 0.3) is 0 Å². The Labute approximate surface area is 211 Å². The first-order chi connectivity index (χ1) is 16.2. The quantitative estimate of drug-likeness (QED) is 0.164. The van der Waals surface area contributed by atoms with Crippen LogP contribution in [0, 0.1) is 11.8 Å². The molecule has 190 valence electrons. The second kappa shape index (κ2) is 17.5. The molecule has 2 atom stereocenters. The van der Waals surface area contributed by atoms with Gasteiger partial charge >= 0.3 is 0 Å². The summed E-state index contributed by atoms with van der Waals surface area (Å²) in [5.74, 6) is 0.729. The van der Waals surface area contributed by atoms with Gasteiger partial charge in [0.15, 0.2) is 0 Å². The molecule has 0 aliphatic heterocycles. The zero-order chi connectivity index (χ0) is 25.3. The van der Waals surface area contributed by atoms with E-state index in [0.29, 0.717) is 5.92 Å². The lowest BCUT2D eigenvalue weighted by Gasteiger charge is -2.26. The molecule has 0 amide bonds. The second-order valence-corrected chi connectivity index (χ2v) is 11.0. The van der Waals surface area contributed by atoms with E-state index >= 15 is 0 Å². The van der Waals surface area contributed by atoms with E-state index in [4.69, 9.17) is 0 Å². The molecule has 1 nitrogen and oxygen atoms in total. The van der Waals surface area contributed by atoms with Crippen LogP contribution in [0.25, 0.3) is 0 Å². The Hall–Kier alpha value is -1.89. The van der Waals surface area contributed by atoms with Gasteiger partial charge in [-0.3, -0.25) is 0 Å². The third kappa shape index (κ3) is 15.1. The zero-order valence-electron chi connectivity index (χ0n) is 23.2. The van der Waals surface area contributed by atoms with E-state index in [-0.39, 0.29) is 5.92 Å². The summed E-state index contributed by atoms with van der Waals surface area (Å²) < 4.78 is 0. The fraction of sp³-hybridized carbons (Fsp3) is 0.606. The van der Waals surface area contributed by atoms with E-state index < -0.39 is 0 Å². The van der Waals surface area contributed by atoms with Crippen molar-refractivity contribution in [3.05, 3.63) is 70.4 Å². The monoisotopic (exact) mass is 464 g/mol. The summed E-state index contributed by atoms with van der Waals surface area (Å²) >= 11 is 0. The van der Waals surface area contributed by atoms with Crippen LogP contribution in [0.5, 0.6) is 0 Å². The van der Waals surface area contributed by atoms with Gasteiger partial charge in [-0.2, -0.15) is 0 Å². The maximum Gasteiger partial charge on any atom is 0.123 e. The molecule has 34 heavy (non-hydrogen) atoms. The van der Waals surface area contributed by atoms with E-state index in [1.165, 1.54) is 39.7 Å². The van der Waals surface area contributed by atoms with E-state index in [1.54, 1.807) is 0 Å². The standard InChI is InChI=1S/C33H52O/c1-26(2)12-8-14-28(5)16-10-17-30(7)20-21-32-22-31(23-33(24-32)25-34)19-11-18-29(6)15-9-13-27(3)4/h12-13,16,18,22,25,32-33H,7-11,14-15,17,19-21,23-24H2,1-6H3/b28-16+,29-18+/t32-,33+/m1/s1. The highest BCUT2D eigenvalue weighted by Gasteiger charge is 2.21. The third-order valence-electron chi connectivity index (χ3n) is 6.79. The maximum atomic E-state index is 11.6. The van der Waals surface area contributed by atoms with E-state index in [9.17, 15) is 4.79 Å². The molecule has 0 bridgehead atoms. The van der Waals surface area contributed by atoms with Crippen molar-refractivity contribution in [1.29, 1.82) is 0 Å². The largest absolute Gasteiger partial charge is 0.303 e. The average Bonchev–Trinajstić information content (AvgIpc) is 2.77. The number of hydrogen-bond acceptors (Lipinski definition) is 1. The molecule has 0 fully saturated rings. The van der Waals surface area contributed by atoms with Crippen molar-refractivity contribution in [3.63, 3.8) is 0 Å². The SMILES string of the molecule is C=C(CC/C=C(\C)CCC=C(C)C)CC[C@@H]1C=C(CC/C=C(\C)CCC=C(C)C)C[C@H](C=O)C1. The van der Waals surface area contributed by atoms with Crippen molar-refractivity contribution < 1.29 is 4.79 Å². The summed E-state index contributed by atoms with van der Waals surface area (Å²) in [5, 5.41) is 0. The van der Waals surface area contributed by atoms with Gasteiger partial charge in [0.05, 0.1) is 0 Å². The Morgan fingerprint density at radius 1 is 0.824 bits per heavy atom. The number of allylic oxidation sites excluding steroid dienone is 11. The van der Waals surface area contributed by atoms with Crippen LogP contribution in [0.4, 0.5) is 0 Å². The van der Waals surface area contributed by atoms with Crippen molar-refractivity contribution in [2.24, 2.45) is 11.8 Å². The van der Waals surface area contributed by atoms with Gasteiger partial charge in [-0.1, -0.05) is 70.4 Å². The highest BCUT2D eigenvalue weighted by Crippen LogP contribution is 2.33. The Balaban J connectivity index is 2.45. The van der Waals surface area contributed by atoms with Gasteiger partial charge in [-0.15, -0.1) is 0 Å². The van der Waals surface area contributed by atoms with Gasteiger partial charge in [0.2, 0.25) is 0 Å². The van der Waals surface area contributed by atoms with Gasteiger partial charge in [-0.25, -0.2) is 0 Å². The molecule has 1 rings (SSSR count). The topological polar surface area (TPSA) is 17.1 Å². The Kier molecular flexibility index (Phi) is 15.5. The highest BCUT2D eigenvalue weighted by atomic mass is 16.1. The normalized spacial score (nSPS) is 18.8. The van der Waals surface area contributed by atoms with Gasteiger partial charge < -0.3 is 4.79 Å². The summed E-state index contributed by atoms with van der Waals surface area (Å²) in [6, 6.07) is 0. The highest BCUT2D eigenvalue weighted by molar-refractivity contribution is 5.55. The summed E-state index contributed by atoms with van der Waals surface area (Å²) in [6.45, 7) is 17.5. The molecule has 1 aliphatic rings. The lowest BCUT2D eigenvalue weighted by Crippen LogP contribution is -2.16. The molecule has 0 aromatic rings. The molecule has 0 unspecified atom stereocenters. The summed E-state index contributed by atoms with van der Waals surface area (Å²) in [4.78, 5) is 11.6. The lowest BCUT2D eigenvalue weighted by atomic mass is 9.79. The van der Waals surface area contributed by atoms with E-state index in [1.807, 2.05) is 0 Å². The molecule has 1 heteroatoms. The van der Waals surface area contributed by atoms with Crippen LogP contribution in [0.1, 0.15) is 119 Å². The molecule has 0 aromatic carbocycles. The van der Waals surface area contributed by atoms with Crippen LogP contribution in [0.2, 0.25) is 0 Å². The number of aldehydes is 1. The van der Waals surface area contributed by atoms with Crippen molar-refractivity contribution in [1.82, 2.24) is 0 Å². The minimum atomic E-state index is 0.201. The van der Waals surface area contributed by atoms with Crippen molar-refractivity contribution in [3.8, 4) is 0 Å². The number of hydrogen-bond donors (Lipinski definition) is 0. The molecular formula is C33H52O. The summed E-state index contributed by atoms with van der Waals surface area (Å²) in [6.07, 6.45) is 26.3.